The first kappa shape index (κ1) is 11.2. The van der Waals surface area contributed by atoms with Crippen molar-refractivity contribution < 1.29 is 0 Å². The van der Waals surface area contributed by atoms with Gasteiger partial charge in [-0.25, -0.2) is 0 Å². The molecule has 3 rings (SSSR count). The molecular weight excluding hydrogens is 234 g/mol. The van der Waals surface area contributed by atoms with Crippen LogP contribution in [0.4, 0.5) is 11.4 Å². The average Bonchev–Trinajstić information content (AvgIpc) is 2.48. The second kappa shape index (κ2) is 4.79. The first-order valence-electron chi connectivity index (χ1n) is 5.97. The molecule has 0 aliphatic carbocycles. The van der Waals surface area contributed by atoms with E-state index in [9.17, 15) is 0 Å². The molecule has 2 aromatic carbocycles. The van der Waals surface area contributed by atoms with Gasteiger partial charge in [0.1, 0.15) is 0 Å². The van der Waals surface area contributed by atoms with Crippen LogP contribution in [0.5, 0.6) is 0 Å². The van der Waals surface area contributed by atoms with E-state index < -0.39 is 0 Å². The first-order valence-corrected chi connectivity index (χ1v) is 5.97. The predicted octanol–water partition coefficient (Wildman–Crippen LogP) is 3.85. The largest absolute Gasteiger partial charge is 0.356 e. The summed E-state index contributed by atoms with van der Waals surface area (Å²) in [5.74, 6) is 0. The summed E-state index contributed by atoms with van der Waals surface area (Å²) < 4.78 is 0. The lowest BCUT2D eigenvalue weighted by atomic mass is 10.2. The number of fused-ring (bicyclic) bond motifs is 1. The third-order valence-corrected chi connectivity index (χ3v) is 2.91. The molecule has 0 bridgehead atoms. The summed E-state index contributed by atoms with van der Waals surface area (Å²) in [6.07, 6.45) is 1.79. The number of aromatic nitrogens is 1. The molecule has 0 aliphatic rings. The van der Waals surface area contributed by atoms with E-state index in [1.165, 1.54) is 0 Å². The van der Waals surface area contributed by atoms with E-state index in [0.717, 1.165) is 22.3 Å². The number of nitriles is 1. The van der Waals surface area contributed by atoms with Crippen molar-refractivity contribution >= 4 is 22.3 Å². The van der Waals surface area contributed by atoms with Crippen molar-refractivity contribution in [1.82, 2.24) is 4.98 Å². The molecule has 0 aliphatic heterocycles. The Labute approximate surface area is 111 Å². The number of nitrogens with one attached hydrogen (secondary N) is 1. The first-order chi connectivity index (χ1) is 9.35. The van der Waals surface area contributed by atoms with Crippen LogP contribution in [0.2, 0.25) is 0 Å². The SMILES string of the molecule is N#Cc1ccc(Nc2ccc3ncccc3c2)cc1. The molecule has 90 valence electrons. The van der Waals surface area contributed by atoms with Crippen LogP contribution in [0, 0.1) is 11.3 Å². The molecule has 3 heteroatoms. The summed E-state index contributed by atoms with van der Waals surface area (Å²) in [5, 5.41) is 13.2. The van der Waals surface area contributed by atoms with Crippen molar-refractivity contribution in [3.8, 4) is 6.07 Å². The van der Waals surface area contributed by atoms with E-state index in [4.69, 9.17) is 5.26 Å². The Morgan fingerprint density at radius 1 is 0.947 bits per heavy atom. The van der Waals surface area contributed by atoms with Gasteiger partial charge in [-0.1, -0.05) is 6.07 Å². The minimum atomic E-state index is 0.660. The summed E-state index contributed by atoms with van der Waals surface area (Å²) >= 11 is 0. The summed E-state index contributed by atoms with van der Waals surface area (Å²) in [4.78, 5) is 4.29. The van der Waals surface area contributed by atoms with Gasteiger partial charge in [-0.05, 0) is 48.5 Å². The Morgan fingerprint density at radius 2 is 1.74 bits per heavy atom. The molecule has 0 atom stereocenters. The van der Waals surface area contributed by atoms with Crippen molar-refractivity contribution in [2.45, 2.75) is 0 Å². The van der Waals surface area contributed by atoms with E-state index in [1.807, 2.05) is 36.4 Å². The minimum Gasteiger partial charge on any atom is -0.356 e. The van der Waals surface area contributed by atoms with Gasteiger partial charge in [-0.2, -0.15) is 5.26 Å². The van der Waals surface area contributed by atoms with Crippen molar-refractivity contribution in [2.24, 2.45) is 0 Å². The monoisotopic (exact) mass is 245 g/mol. The van der Waals surface area contributed by atoms with E-state index in [-0.39, 0.29) is 0 Å². The molecule has 0 saturated heterocycles. The lowest BCUT2D eigenvalue weighted by Gasteiger charge is -2.07. The van der Waals surface area contributed by atoms with Gasteiger partial charge in [0.05, 0.1) is 17.1 Å². The van der Waals surface area contributed by atoms with Gasteiger partial charge in [-0.15, -0.1) is 0 Å². The van der Waals surface area contributed by atoms with Gasteiger partial charge in [0.15, 0.2) is 0 Å². The van der Waals surface area contributed by atoms with Crippen LogP contribution in [-0.2, 0) is 0 Å². The van der Waals surface area contributed by atoms with Gasteiger partial charge in [0, 0.05) is 23.0 Å². The predicted molar refractivity (Wildman–Crippen MR) is 76.2 cm³/mol. The fraction of sp³-hybridized carbons (Fsp3) is 0. The molecule has 3 nitrogen and oxygen atoms in total. The number of rotatable bonds is 2. The highest BCUT2D eigenvalue weighted by molar-refractivity contribution is 5.83. The summed E-state index contributed by atoms with van der Waals surface area (Å²) in [6, 6.07) is 19.5. The Hall–Kier alpha value is -2.86. The number of nitrogens with zero attached hydrogens (tertiary/aromatic N) is 2. The highest BCUT2D eigenvalue weighted by Gasteiger charge is 1.98. The molecule has 0 fully saturated rings. The number of hydrogen-bond acceptors (Lipinski definition) is 3. The van der Waals surface area contributed by atoms with Crippen molar-refractivity contribution in [3.05, 3.63) is 66.4 Å². The van der Waals surface area contributed by atoms with Crippen molar-refractivity contribution in [3.63, 3.8) is 0 Å². The van der Waals surface area contributed by atoms with Crippen LogP contribution in [0.3, 0.4) is 0 Å². The van der Waals surface area contributed by atoms with Gasteiger partial charge in [0.2, 0.25) is 0 Å². The Kier molecular flexibility index (Phi) is 2.83. The van der Waals surface area contributed by atoms with Crippen LogP contribution in [0.25, 0.3) is 10.9 Å². The van der Waals surface area contributed by atoms with E-state index in [1.54, 1.807) is 18.3 Å². The fourth-order valence-corrected chi connectivity index (χ4v) is 1.95. The molecule has 0 saturated carbocycles. The maximum absolute atomic E-state index is 8.76. The highest BCUT2D eigenvalue weighted by atomic mass is 14.9. The maximum Gasteiger partial charge on any atom is 0.0991 e. The third kappa shape index (κ3) is 2.38. The molecule has 3 aromatic rings. The van der Waals surface area contributed by atoms with E-state index >= 15 is 0 Å². The standard InChI is InChI=1S/C16H11N3/c17-11-12-3-5-14(6-4-12)19-15-7-8-16-13(10-15)2-1-9-18-16/h1-10,19H. The number of pyridine rings is 1. The van der Waals surface area contributed by atoms with Crippen LogP contribution in [0.15, 0.2) is 60.8 Å². The van der Waals surface area contributed by atoms with Crippen LogP contribution >= 0.6 is 0 Å². The Morgan fingerprint density at radius 3 is 2.53 bits per heavy atom. The lowest BCUT2D eigenvalue weighted by Crippen LogP contribution is -1.90. The van der Waals surface area contributed by atoms with Gasteiger partial charge in [-0.3, -0.25) is 4.98 Å². The van der Waals surface area contributed by atoms with Gasteiger partial charge < -0.3 is 5.32 Å². The molecule has 0 amide bonds. The molecular formula is C16H11N3. The molecule has 0 unspecified atom stereocenters. The zero-order chi connectivity index (χ0) is 13.1. The quantitative estimate of drug-likeness (QED) is 0.746. The van der Waals surface area contributed by atoms with Gasteiger partial charge in [0.25, 0.3) is 0 Å². The van der Waals surface area contributed by atoms with Gasteiger partial charge >= 0.3 is 0 Å². The zero-order valence-electron chi connectivity index (χ0n) is 10.2. The summed E-state index contributed by atoms with van der Waals surface area (Å²) in [6.45, 7) is 0. The topological polar surface area (TPSA) is 48.7 Å². The molecule has 0 spiro atoms. The minimum absolute atomic E-state index is 0.660. The summed E-state index contributed by atoms with van der Waals surface area (Å²) in [5.41, 5.74) is 3.61. The van der Waals surface area contributed by atoms with Crippen LogP contribution < -0.4 is 5.32 Å². The molecule has 0 radical (unpaired) electrons. The molecule has 19 heavy (non-hydrogen) atoms. The molecule has 1 heterocycles. The average molecular weight is 245 g/mol. The second-order valence-electron chi connectivity index (χ2n) is 4.23. The van der Waals surface area contributed by atoms with E-state index in [0.29, 0.717) is 5.56 Å². The lowest BCUT2D eigenvalue weighted by molar-refractivity contribution is 1.41. The molecule has 1 N–H and O–H groups in total. The van der Waals surface area contributed by atoms with Crippen molar-refractivity contribution in [1.29, 1.82) is 5.26 Å². The van der Waals surface area contributed by atoms with Crippen LogP contribution in [-0.4, -0.2) is 4.98 Å². The third-order valence-electron chi connectivity index (χ3n) is 2.91. The number of anilines is 2. The normalized spacial score (nSPS) is 10.1. The number of hydrogen-bond donors (Lipinski definition) is 1. The Balaban J connectivity index is 1.90. The Bertz CT molecular complexity index is 755. The maximum atomic E-state index is 8.76. The van der Waals surface area contributed by atoms with Crippen molar-refractivity contribution in [2.75, 3.05) is 5.32 Å². The zero-order valence-corrected chi connectivity index (χ0v) is 10.2. The molecule has 1 aromatic heterocycles. The van der Waals surface area contributed by atoms with Crippen LogP contribution in [0.1, 0.15) is 5.56 Å². The number of benzene rings is 2. The highest BCUT2D eigenvalue weighted by Crippen LogP contribution is 2.21. The fourth-order valence-electron chi connectivity index (χ4n) is 1.95. The smallest absolute Gasteiger partial charge is 0.0991 e. The second-order valence-corrected chi connectivity index (χ2v) is 4.23. The summed E-state index contributed by atoms with van der Waals surface area (Å²) in [7, 11) is 0. The van der Waals surface area contributed by atoms with E-state index in [2.05, 4.69) is 22.4 Å².